The maximum absolute atomic E-state index is 5.39. The first-order valence-electron chi connectivity index (χ1n) is 4.59. The number of anilines is 1. The number of methoxy groups -OCH3 is 1. The lowest BCUT2D eigenvalue weighted by Gasteiger charge is -2.10. The van der Waals surface area contributed by atoms with Crippen LogP contribution in [0.2, 0.25) is 0 Å². The van der Waals surface area contributed by atoms with Crippen molar-refractivity contribution >= 4 is 5.82 Å². The molecule has 1 aromatic heterocycles. The molecule has 1 heterocycles. The number of hydrogen-bond donors (Lipinski definition) is 2. The van der Waals surface area contributed by atoms with Gasteiger partial charge in [0.15, 0.2) is 11.6 Å². The Hall–Kier alpha value is -1.36. The fourth-order valence-corrected chi connectivity index (χ4v) is 1.14. The van der Waals surface area contributed by atoms with Gasteiger partial charge < -0.3 is 15.8 Å². The zero-order valence-electron chi connectivity index (χ0n) is 8.58. The van der Waals surface area contributed by atoms with Gasteiger partial charge in [0.25, 0.3) is 0 Å². The Bertz CT molecular complexity index is 290. The molecule has 0 aliphatic carbocycles. The maximum Gasteiger partial charge on any atom is 0.182 e. The third-order valence-corrected chi connectivity index (χ3v) is 1.86. The van der Waals surface area contributed by atoms with Crippen LogP contribution >= 0.6 is 0 Å². The first kappa shape index (κ1) is 10.7. The molecule has 0 spiro atoms. The molecule has 0 saturated heterocycles. The van der Waals surface area contributed by atoms with Crippen LogP contribution in [0.1, 0.15) is 12.1 Å². The van der Waals surface area contributed by atoms with Crippen molar-refractivity contribution in [2.45, 2.75) is 13.3 Å². The van der Waals surface area contributed by atoms with E-state index in [2.05, 4.69) is 15.3 Å². The number of rotatable bonds is 5. The molecule has 0 aliphatic heterocycles. The van der Waals surface area contributed by atoms with Crippen molar-refractivity contribution < 1.29 is 4.74 Å². The molecule has 0 aliphatic rings. The highest BCUT2D eigenvalue weighted by Gasteiger charge is 2.06. The molecule has 0 unspecified atom stereocenters. The summed E-state index contributed by atoms with van der Waals surface area (Å²) in [6, 6.07) is 0. The fraction of sp³-hybridized carbons (Fsp3) is 0.556. The molecule has 1 aromatic rings. The van der Waals surface area contributed by atoms with Crippen LogP contribution in [0, 0.1) is 6.92 Å². The number of aryl methyl sites for hydroxylation is 1. The van der Waals surface area contributed by atoms with E-state index in [1.54, 1.807) is 7.11 Å². The van der Waals surface area contributed by atoms with Gasteiger partial charge in [-0.2, -0.15) is 0 Å². The lowest BCUT2D eigenvalue weighted by atomic mass is 10.3. The van der Waals surface area contributed by atoms with Crippen molar-refractivity contribution in [3.05, 3.63) is 12.0 Å². The molecule has 0 bridgehead atoms. The number of ether oxygens (including phenoxy) is 1. The summed E-state index contributed by atoms with van der Waals surface area (Å²) in [6.45, 7) is 3.34. The Morgan fingerprint density at radius 3 is 2.93 bits per heavy atom. The van der Waals surface area contributed by atoms with Crippen LogP contribution in [0.5, 0.6) is 5.75 Å². The van der Waals surface area contributed by atoms with Crippen LogP contribution in [0.15, 0.2) is 6.33 Å². The normalized spacial score (nSPS) is 9.93. The Morgan fingerprint density at radius 2 is 2.29 bits per heavy atom. The van der Waals surface area contributed by atoms with Crippen molar-refractivity contribution in [3.63, 3.8) is 0 Å². The van der Waals surface area contributed by atoms with E-state index in [-0.39, 0.29) is 0 Å². The number of aromatic nitrogens is 2. The minimum absolute atomic E-state index is 0.666. The predicted octanol–water partition coefficient (Wildman–Crippen LogP) is 0.554. The smallest absolute Gasteiger partial charge is 0.182 e. The molecule has 0 saturated carbocycles. The summed E-state index contributed by atoms with van der Waals surface area (Å²) < 4.78 is 5.19. The summed E-state index contributed by atoms with van der Waals surface area (Å²) in [7, 11) is 1.61. The lowest BCUT2D eigenvalue weighted by Crippen LogP contribution is -2.10. The van der Waals surface area contributed by atoms with Crippen LogP contribution in [0.25, 0.3) is 0 Å². The van der Waals surface area contributed by atoms with Gasteiger partial charge in [0.05, 0.1) is 12.8 Å². The van der Waals surface area contributed by atoms with Crippen molar-refractivity contribution in [2.75, 3.05) is 25.5 Å². The van der Waals surface area contributed by atoms with E-state index in [4.69, 9.17) is 10.5 Å². The molecule has 5 nitrogen and oxygen atoms in total. The van der Waals surface area contributed by atoms with Gasteiger partial charge in [0, 0.05) is 6.54 Å². The molecule has 78 valence electrons. The number of nitrogens with one attached hydrogen (secondary N) is 1. The van der Waals surface area contributed by atoms with Gasteiger partial charge in [-0.15, -0.1) is 0 Å². The first-order chi connectivity index (χ1) is 6.79. The van der Waals surface area contributed by atoms with E-state index >= 15 is 0 Å². The van der Waals surface area contributed by atoms with E-state index in [1.807, 2.05) is 6.92 Å². The summed E-state index contributed by atoms with van der Waals surface area (Å²) >= 11 is 0. The van der Waals surface area contributed by atoms with E-state index in [9.17, 15) is 0 Å². The topological polar surface area (TPSA) is 73.1 Å². The fourth-order valence-electron chi connectivity index (χ4n) is 1.14. The summed E-state index contributed by atoms with van der Waals surface area (Å²) in [6.07, 6.45) is 2.43. The van der Waals surface area contributed by atoms with Gasteiger partial charge in [0.1, 0.15) is 6.33 Å². The Balaban J connectivity index is 2.70. The third kappa shape index (κ3) is 2.56. The molecule has 5 heteroatoms. The zero-order valence-corrected chi connectivity index (χ0v) is 8.58. The average molecular weight is 196 g/mol. The van der Waals surface area contributed by atoms with Gasteiger partial charge in [-0.05, 0) is 19.9 Å². The molecule has 0 fully saturated rings. The average Bonchev–Trinajstić information content (AvgIpc) is 2.18. The quantitative estimate of drug-likeness (QED) is 0.673. The molecule has 0 atom stereocenters. The lowest BCUT2D eigenvalue weighted by molar-refractivity contribution is 0.409. The second kappa shape index (κ2) is 5.39. The molecule has 0 aromatic carbocycles. The van der Waals surface area contributed by atoms with Gasteiger partial charge in [-0.1, -0.05) is 0 Å². The van der Waals surface area contributed by atoms with E-state index in [0.29, 0.717) is 12.3 Å². The summed E-state index contributed by atoms with van der Waals surface area (Å²) in [5.74, 6) is 1.43. The molecule has 0 amide bonds. The Morgan fingerprint density at radius 1 is 1.50 bits per heavy atom. The molecular formula is C9H16N4O. The van der Waals surface area contributed by atoms with Gasteiger partial charge >= 0.3 is 0 Å². The zero-order chi connectivity index (χ0) is 10.4. The van der Waals surface area contributed by atoms with Crippen molar-refractivity contribution in [3.8, 4) is 5.75 Å². The maximum atomic E-state index is 5.39. The third-order valence-electron chi connectivity index (χ3n) is 1.86. The molecule has 0 radical (unpaired) electrons. The minimum Gasteiger partial charge on any atom is -0.491 e. The van der Waals surface area contributed by atoms with Crippen LogP contribution in [0.3, 0.4) is 0 Å². The predicted molar refractivity (Wildman–Crippen MR) is 55.5 cm³/mol. The second-order valence-electron chi connectivity index (χ2n) is 2.91. The molecular weight excluding hydrogens is 180 g/mol. The van der Waals surface area contributed by atoms with Crippen LogP contribution in [0.4, 0.5) is 5.82 Å². The van der Waals surface area contributed by atoms with E-state index < -0.39 is 0 Å². The number of nitrogens with zero attached hydrogens (tertiary/aromatic N) is 2. The highest BCUT2D eigenvalue weighted by atomic mass is 16.5. The highest BCUT2D eigenvalue weighted by Crippen LogP contribution is 2.23. The standard InChI is InChI=1S/C9H16N4O/c1-7-8(14-2)9(13-6-12-7)11-5-3-4-10/h6H,3-5,10H2,1-2H3,(H,11,12,13). The summed E-state index contributed by atoms with van der Waals surface area (Å²) in [5, 5.41) is 3.15. The first-order valence-corrected chi connectivity index (χ1v) is 4.59. The van der Waals surface area contributed by atoms with Crippen molar-refractivity contribution in [1.29, 1.82) is 0 Å². The molecule has 1 rings (SSSR count). The van der Waals surface area contributed by atoms with Crippen molar-refractivity contribution in [2.24, 2.45) is 5.73 Å². The Kier molecular flexibility index (Phi) is 4.12. The molecule has 14 heavy (non-hydrogen) atoms. The van der Waals surface area contributed by atoms with E-state index in [1.165, 1.54) is 6.33 Å². The molecule has 3 N–H and O–H groups in total. The highest BCUT2D eigenvalue weighted by molar-refractivity contribution is 5.51. The monoisotopic (exact) mass is 196 g/mol. The summed E-state index contributed by atoms with van der Waals surface area (Å²) in [5.41, 5.74) is 6.22. The van der Waals surface area contributed by atoms with Crippen LogP contribution in [-0.2, 0) is 0 Å². The number of hydrogen-bond acceptors (Lipinski definition) is 5. The Labute approximate surface area is 83.7 Å². The van der Waals surface area contributed by atoms with Crippen LogP contribution in [-0.4, -0.2) is 30.2 Å². The number of nitrogens with two attached hydrogens (primary N) is 1. The second-order valence-corrected chi connectivity index (χ2v) is 2.91. The largest absolute Gasteiger partial charge is 0.491 e. The SMILES string of the molecule is COc1c(C)ncnc1NCCCN. The van der Waals surface area contributed by atoms with E-state index in [0.717, 1.165) is 24.5 Å². The van der Waals surface area contributed by atoms with Gasteiger partial charge in [0.2, 0.25) is 0 Å². The minimum atomic E-state index is 0.666. The van der Waals surface area contributed by atoms with Crippen LogP contribution < -0.4 is 15.8 Å². The summed E-state index contributed by atoms with van der Waals surface area (Å²) in [4.78, 5) is 8.13. The van der Waals surface area contributed by atoms with Gasteiger partial charge in [-0.25, -0.2) is 9.97 Å². The van der Waals surface area contributed by atoms with Crippen molar-refractivity contribution in [1.82, 2.24) is 9.97 Å². The van der Waals surface area contributed by atoms with Gasteiger partial charge in [-0.3, -0.25) is 0 Å².